The summed E-state index contributed by atoms with van der Waals surface area (Å²) < 4.78 is 41.3. The monoisotopic (exact) mass is 465 g/mol. The summed E-state index contributed by atoms with van der Waals surface area (Å²) in [5, 5.41) is 5.73. The number of halogens is 3. The van der Waals surface area contributed by atoms with E-state index in [1.54, 1.807) is 11.1 Å². The van der Waals surface area contributed by atoms with Gasteiger partial charge in [-0.15, -0.1) is 0 Å². The zero-order valence-electron chi connectivity index (χ0n) is 18.6. The van der Waals surface area contributed by atoms with E-state index in [1.807, 2.05) is 30.8 Å². The molecule has 9 heteroatoms. The van der Waals surface area contributed by atoms with E-state index < -0.39 is 11.7 Å². The number of rotatable bonds is 3. The highest BCUT2D eigenvalue weighted by Gasteiger charge is 2.34. The molecule has 6 nitrogen and oxygen atoms in total. The molecular formula is C25H22F3N5O. The molecule has 1 N–H and O–H groups in total. The predicted molar refractivity (Wildman–Crippen MR) is 123 cm³/mol. The Bertz CT molecular complexity index is 1420. The van der Waals surface area contributed by atoms with Gasteiger partial charge in [-0.1, -0.05) is 18.7 Å². The van der Waals surface area contributed by atoms with Crippen molar-refractivity contribution in [1.82, 2.24) is 24.6 Å². The highest BCUT2D eigenvalue weighted by atomic mass is 19.4. The molecule has 0 saturated heterocycles. The number of pyridine rings is 1. The average Bonchev–Trinajstić information content (AvgIpc) is 3.40. The Labute approximate surface area is 193 Å². The van der Waals surface area contributed by atoms with Crippen LogP contribution in [-0.4, -0.2) is 37.1 Å². The van der Waals surface area contributed by atoms with Gasteiger partial charge in [0.15, 0.2) is 0 Å². The maximum Gasteiger partial charge on any atom is 0.416 e. The number of amides is 1. The van der Waals surface area contributed by atoms with Crippen LogP contribution in [0.4, 0.5) is 13.2 Å². The Balaban J connectivity index is 1.78. The third-order valence-corrected chi connectivity index (χ3v) is 6.39. The maximum absolute atomic E-state index is 13.2. The van der Waals surface area contributed by atoms with Crippen molar-refractivity contribution in [3.05, 3.63) is 72.2 Å². The molecule has 1 aromatic carbocycles. The largest absolute Gasteiger partial charge is 0.416 e. The molecule has 0 aliphatic carbocycles. The third kappa shape index (κ3) is 3.39. The van der Waals surface area contributed by atoms with Gasteiger partial charge in [0.05, 0.1) is 23.8 Å². The molecule has 0 fully saturated rings. The van der Waals surface area contributed by atoms with Gasteiger partial charge >= 0.3 is 6.18 Å². The summed E-state index contributed by atoms with van der Waals surface area (Å²) in [5.74, 6) is -0.181. The number of carbonyl (C=O) groups is 1. The summed E-state index contributed by atoms with van der Waals surface area (Å²) >= 11 is 0. The van der Waals surface area contributed by atoms with E-state index in [-0.39, 0.29) is 11.9 Å². The molecule has 3 aromatic heterocycles. The second-order valence-electron chi connectivity index (χ2n) is 8.37. The first-order chi connectivity index (χ1) is 16.2. The number of nitrogens with one attached hydrogen (secondary N) is 1. The molecule has 1 atom stereocenters. The summed E-state index contributed by atoms with van der Waals surface area (Å²) in [6.07, 6.45) is 0.425. The summed E-state index contributed by atoms with van der Waals surface area (Å²) in [6.45, 7) is 8.43. The molecule has 0 saturated carbocycles. The van der Waals surface area contributed by atoms with E-state index in [0.29, 0.717) is 30.0 Å². The second kappa shape index (κ2) is 7.86. The number of hydrogen-bond donors (Lipinski definition) is 1. The lowest BCUT2D eigenvalue weighted by molar-refractivity contribution is -0.137. The first kappa shape index (κ1) is 21.9. The predicted octanol–water partition coefficient (Wildman–Crippen LogP) is 5.51. The number of aryl methyl sites for hydroxylation is 1. The molecule has 4 heterocycles. The van der Waals surface area contributed by atoms with E-state index in [1.165, 1.54) is 18.2 Å². The number of aromatic nitrogens is 4. The maximum atomic E-state index is 13.2. The highest BCUT2D eigenvalue weighted by Crippen LogP contribution is 2.44. The minimum absolute atomic E-state index is 0.181. The van der Waals surface area contributed by atoms with Crippen LogP contribution in [-0.2, 0) is 17.5 Å². The van der Waals surface area contributed by atoms with Crippen LogP contribution in [0.2, 0.25) is 0 Å². The summed E-state index contributed by atoms with van der Waals surface area (Å²) in [4.78, 5) is 21.8. The van der Waals surface area contributed by atoms with Crippen LogP contribution in [0.5, 0.6) is 0 Å². The Kier molecular flexibility index (Phi) is 5.07. The quantitative estimate of drug-likeness (QED) is 0.406. The first-order valence-electron chi connectivity index (χ1n) is 10.8. The van der Waals surface area contributed by atoms with Crippen molar-refractivity contribution in [2.45, 2.75) is 32.6 Å². The van der Waals surface area contributed by atoms with E-state index >= 15 is 0 Å². The van der Waals surface area contributed by atoms with Crippen molar-refractivity contribution in [3.8, 4) is 22.4 Å². The van der Waals surface area contributed by atoms with Crippen LogP contribution in [0.25, 0.3) is 33.4 Å². The minimum Gasteiger partial charge on any atom is -0.346 e. The van der Waals surface area contributed by atoms with Crippen molar-refractivity contribution < 1.29 is 18.0 Å². The number of hydrogen-bond acceptors (Lipinski definition) is 3. The van der Waals surface area contributed by atoms with Crippen LogP contribution >= 0.6 is 0 Å². The molecule has 5 rings (SSSR count). The normalized spacial score (nSPS) is 16.0. The van der Waals surface area contributed by atoms with Gasteiger partial charge in [-0.25, -0.2) is 4.98 Å². The van der Waals surface area contributed by atoms with Crippen molar-refractivity contribution in [3.63, 3.8) is 0 Å². The number of carbonyl (C=O) groups excluding carboxylic acids is 1. The summed E-state index contributed by atoms with van der Waals surface area (Å²) in [5.41, 5.74) is 4.57. The number of nitrogens with zero attached hydrogens (tertiary/aromatic N) is 4. The van der Waals surface area contributed by atoms with E-state index in [2.05, 4.69) is 16.5 Å². The van der Waals surface area contributed by atoms with E-state index in [4.69, 9.17) is 5.10 Å². The molecule has 1 unspecified atom stereocenters. The van der Waals surface area contributed by atoms with Gasteiger partial charge in [-0.3, -0.25) is 9.48 Å². The number of H-pyrrole nitrogens is 1. The smallest absolute Gasteiger partial charge is 0.346 e. The van der Waals surface area contributed by atoms with E-state index in [0.717, 1.165) is 39.9 Å². The van der Waals surface area contributed by atoms with Gasteiger partial charge in [0.25, 0.3) is 0 Å². The Morgan fingerprint density at radius 2 is 1.94 bits per heavy atom. The van der Waals surface area contributed by atoms with Gasteiger partial charge in [0, 0.05) is 35.5 Å². The fraction of sp³-hybridized carbons (Fsp3) is 0.240. The molecule has 0 spiro atoms. The molecule has 1 aliphatic heterocycles. The van der Waals surface area contributed by atoms with Crippen LogP contribution < -0.4 is 0 Å². The summed E-state index contributed by atoms with van der Waals surface area (Å²) in [6, 6.07) is 6.60. The Morgan fingerprint density at radius 1 is 1.21 bits per heavy atom. The Hall–Kier alpha value is -3.88. The average molecular weight is 465 g/mol. The molecular weight excluding hydrogens is 443 g/mol. The number of benzene rings is 1. The molecule has 0 bridgehead atoms. The van der Waals surface area contributed by atoms with Crippen molar-refractivity contribution in [2.75, 3.05) is 6.54 Å². The van der Waals surface area contributed by atoms with Gasteiger partial charge < -0.3 is 9.88 Å². The standard InChI is InChI=1S/C25H22F3N5O/c1-4-19(34)32-11-12-33-23(15(32)3)21(18-9-10-29-24-20(18)14(2)13-30-24)22(31-33)16-5-7-17(8-6-16)25(26,27)28/h4-10,13,15H,1,11-12H2,2-3H3,(H,29,30). The lowest BCUT2D eigenvalue weighted by Gasteiger charge is -2.34. The highest BCUT2D eigenvalue weighted by molar-refractivity contribution is 6.00. The van der Waals surface area contributed by atoms with Crippen LogP contribution in [0.3, 0.4) is 0 Å². The van der Waals surface area contributed by atoms with Gasteiger partial charge in [0.1, 0.15) is 11.3 Å². The number of alkyl halides is 3. The van der Waals surface area contributed by atoms with Gasteiger partial charge in [-0.2, -0.15) is 18.3 Å². The summed E-state index contributed by atoms with van der Waals surface area (Å²) in [7, 11) is 0. The number of aromatic amines is 1. The second-order valence-corrected chi connectivity index (χ2v) is 8.37. The Morgan fingerprint density at radius 3 is 2.62 bits per heavy atom. The fourth-order valence-electron chi connectivity index (χ4n) is 4.74. The minimum atomic E-state index is -4.42. The molecule has 0 radical (unpaired) electrons. The molecule has 1 amide bonds. The first-order valence-corrected chi connectivity index (χ1v) is 10.8. The molecule has 174 valence electrons. The third-order valence-electron chi connectivity index (χ3n) is 6.39. The molecule has 1 aliphatic rings. The number of fused-ring (bicyclic) bond motifs is 2. The zero-order chi connectivity index (χ0) is 24.2. The SMILES string of the molecule is C=CC(=O)N1CCn2nc(-c3ccc(C(F)(F)F)cc3)c(-c3ccnc4[nH]cc(C)c34)c2C1C. The topological polar surface area (TPSA) is 66.8 Å². The van der Waals surface area contributed by atoms with Crippen molar-refractivity contribution >= 4 is 16.9 Å². The zero-order valence-corrected chi connectivity index (χ0v) is 18.6. The van der Waals surface area contributed by atoms with Crippen molar-refractivity contribution in [1.29, 1.82) is 0 Å². The molecule has 34 heavy (non-hydrogen) atoms. The fourth-order valence-corrected chi connectivity index (χ4v) is 4.74. The molecule has 4 aromatic rings. The van der Waals surface area contributed by atoms with Crippen molar-refractivity contribution in [2.24, 2.45) is 0 Å². The lowest BCUT2D eigenvalue weighted by Crippen LogP contribution is -2.40. The van der Waals surface area contributed by atoms with Crippen LogP contribution in [0, 0.1) is 6.92 Å². The van der Waals surface area contributed by atoms with E-state index in [9.17, 15) is 18.0 Å². The van der Waals surface area contributed by atoms with Crippen LogP contribution in [0.15, 0.2) is 55.4 Å². The lowest BCUT2D eigenvalue weighted by atomic mass is 9.93. The van der Waals surface area contributed by atoms with Crippen LogP contribution in [0.1, 0.15) is 29.8 Å². The van der Waals surface area contributed by atoms with Gasteiger partial charge in [-0.05, 0) is 49.2 Å². The van der Waals surface area contributed by atoms with Gasteiger partial charge in [0.2, 0.25) is 5.91 Å².